The van der Waals surface area contributed by atoms with E-state index in [-0.39, 0.29) is 11.2 Å². The first-order chi connectivity index (χ1) is 6.79. The number of carbonyl (C=O) groups is 1. The summed E-state index contributed by atoms with van der Waals surface area (Å²) in [4.78, 5) is 12.0. The van der Waals surface area contributed by atoms with Crippen LogP contribution >= 0.6 is 15.9 Å². The highest BCUT2D eigenvalue weighted by Gasteiger charge is 2.18. The number of halogens is 1. The maximum atomic E-state index is 12.0. The topological polar surface area (TPSA) is 17.1 Å². The van der Waals surface area contributed by atoms with Crippen LogP contribution in [0.4, 0.5) is 0 Å². The first-order valence-corrected chi connectivity index (χ1v) is 5.88. The van der Waals surface area contributed by atoms with Crippen LogP contribution in [0.3, 0.4) is 0 Å². The Balaban J connectivity index is 2.92. The molecule has 0 aliphatic rings. The molecule has 1 rings (SSSR count). The van der Waals surface area contributed by atoms with Gasteiger partial charge < -0.3 is 0 Å². The van der Waals surface area contributed by atoms with Crippen LogP contribution < -0.4 is 0 Å². The molecule has 0 heterocycles. The van der Waals surface area contributed by atoms with Crippen molar-refractivity contribution in [2.24, 2.45) is 5.41 Å². The summed E-state index contributed by atoms with van der Waals surface area (Å²) >= 11 is 3.40. The van der Waals surface area contributed by atoms with Crippen molar-refractivity contribution in [3.63, 3.8) is 0 Å². The lowest BCUT2D eigenvalue weighted by atomic mass is 9.87. The van der Waals surface area contributed by atoms with E-state index in [1.54, 1.807) is 0 Å². The van der Waals surface area contributed by atoms with E-state index in [1.807, 2.05) is 25.1 Å². The van der Waals surface area contributed by atoms with Crippen LogP contribution in [0.25, 0.3) is 0 Å². The fraction of sp³-hybridized carbons (Fsp3) is 0.462. The van der Waals surface area contributed by atoms with Crippen LogP contribution in [0.5, 0.6) is 0 Å². The summed E-state index contributed by atoms with van der Waals surface area (Å²) in [5.41, 5.74) is 1.93. The highest BCUT2D eigenvalue weighted by atomic mass is 79.9. The lowest BCUT2D eigenvalue weighted by Gasteiger charge is -2.17. The number of aryl methyl sites for hydroxylation is 1. The van der Waals surface area contributed by atoms with Crippen LogP contribution in [-0.4, -0.2) is 5.78 Å². The Hall–Kier alpha value is -0.630. The van der Waals surface area contributed by atoms with Gasteiger partial charge in [-0.05, 0) is 30.0 Å². The van der Waals surface area contributed by atoms with Gasteiger partial charge in [0.2, 0.25) is 0 Å². The molecule has 1 nitrogen and oxygen atoms in total. The molecule has 82 valence electrons. The van der Waals surface area contributed by atoms with Crippen molar-refractivity contribution in [1.82, 2.24) is 0 Å². The molecule has 0 atom stereocenters. The number of benzene rings is 1. The Bertz CT molecular complexity index is 375. The number of hydrogen-bond donors (Lipinski definition) is 0. The van der Waals surface area contributed by atoms with Crippen molar-refractivity contribution in [2.75, 3.05) is 0 Å². The minimum atomic E-state index is 0.0522. The van der Waals surface area contributed by atoms with Gasteiger partial charge in [0.1, 0.15) is 0 Å². The molecule has 0 saturated heterocycles. The number of hydrogen-bond acceptors (Lipinski definition) is 1. The van der Waals surface area contributed by atoms with Crippen molar-refractivity contribution in [2.45, 2.75) is 34.1 Å². The molecule has 0 spiro atoms. The number of Topliss-reactive ketones (excluding diaryl/α,β-unsaturated/α-hetero) is 1. The molecule has 0 bridgehead atoms. The van der Waals surface area contributed by atoms with Crippen LogP contribution in [0, 0.1) is 12.3 Å². The molecule has 15 heavy (non-hydrogen) atoms. The Labute approximate surface area is 100 Å². The molecule has 0 aromatic heterocycles. The maximum Gasteiger partial charge on any atom is 0.163 e. The number of carbonyl (C=O) groups excluding carboxylic acids is 1. The quantitative estimate of drug-likeness (QED) is 0.728. The smallest absolute Gasteiger partial charge is 0.163 e. The van der Waals surface area contributed by atoms with Gasteiger partial charge in [-0.25, -0.2) is 0 Å². The summed E-state index contributed by atoms with van der Waals surface area (Å²) < 4.78 is 1.02. The highest BCUT2D eigenvalue weighted by molar-refractivity contribution is 9.10. The van der Waals surface area contributed by atoms with E-state index in [0.717, 1.165) is 15.6 Å². The van der Waals surface area contributed by atoms with Gasteiger partial charge in [0, 0.05) is 16.5 Å². The summed E-state index contributed by atoms with van der Waals surface area (Å²) in [6, 6.07) is 5.80. The predicted octanol–water partition coefficient (Wildman–Crippen LogP) is 4.38. The van der Waals surface area contributed by atoms with Gasteiger partial charge in [-0.1, -0.05) is 42.8 Å². The number of rotatable bonds is 2. The van der Waals surface area contributed by atoms with Crippen molar-refractivity contribution < 1.29 is 4.79 Å². The first-order valence-electron chi connectivity index (χ1n) is 5.09. The molecule has 1 aromatic rings. The zero-order valence-corrected chi connectivity index (χ0v) is 11.3. The Morgan fingerprint density at radius 1 is 1.33 bits per heavy atom. The van der Waals surface area contributed by atoms with Gasteiger partial charge in [-0.15, -0.1) is 0 Å². The van der Waals surface area contributed by atoms with E-state index in [0.29, 0.717) is 6.42 Å². The third-order valence-corrected chi connectivity index (χ3v) is 2.67. The molecule has 2 heteroatoms. The van der Waals surface area contributed by atoms with Crippen LogP contribution in [0.2, 0.25) is 0 Å². The zero-order chi connectivity index (χ0) is 11.6. The van der Waals surface area contributed by atoms with Crippen LogP contribution in [0.1, 0.15) is 43.1 Å². The Morgan fingerprint density at radius 2 is 1.93 bits per heavy atom. The minimum Gasteiger partial charge on any atom is -0.294 e. The molecular formula is C13H17BrO. The van der Waals surface area contributed by atoms with Gasteiger partial charge in [-0.3, -0.25) is 4.79 Å². The molecule has 0 N–H and O–H groups in total. The van der Waals surface area contributed by atoms with E-state index in [9.17, 15) is 4.79 Å². The number of ketones is 1. The average molecular weight is 269 g/mol. The standard InChI is InChI=1S/C13H17BrO/c1-9-7-10(14)5-6-11(9)12(15)8-13(2,3)4/h5-7H,8H2,1-4H3. The van der Waals surface area contributed by atoms with Gasteiger partial charge in [0.15, 0.2) is 5.78 Å². The normalized spacial score (nSPS) is 11.5. The molecule has 0 aliphatic carbocycles. The Morgan fingerprint density at radius 3 is 2.40 bits per heavy atom. The van der Waals surface area contributed by atoms with E-state index in [2.05, 4.69) is 36.7 Å². The van der Waals surface area contributed by atoms with E-state index < -0.39 is 0 Å². The second-order valence-electron chi connectivity index (χ2n) is 5.12. The molecule has 1 aromatic carbocycles. The molecule has 0 aliphatic heterocycles. The van der Waals surface area contributed by atoms with E-state index in [1.165, 1.54) is 0 Å². The molecule has 0 saturated carbocycles. The Kier molecular flexibility index (Phi) is 3.72. The van der Waals surface area contributed by atoms with Crippen molar-refractivity contribution in [3.8, 4) is 0 Å². The van der Waals surface area contributed by atoms with Crippen molar-refractivity contribution in [1.29, 1.82) is 0 Å². The second-order valence-corrected chi connectivity index (χ2v) is 6.04. The SMILES string of the molecule is Cc1cc(Br)ccc1C(=O)CC(C)(C)C. The summed E-state index contributed by atoms with van der Waals surface area (Å²) in [6.45, 7) is 8.22. The fourth-order valence-electron chi connectivity index (χ4n) is 1.52. The lowest BCUT2D eigenvalue weighted by molar-refractivity contribution is 0.0939. The minimum absolute atomic E-state index is 0.0522. The third-order valence-electron chi connectivity index (χ3n) is 2.18. The molecule has 0 radical (unpaired) electrons. The third kappa shape index (κ3) is 3.78. The van der Waals surface area contributed by atoms with Gasteiger partial charge in [-0.2, -0.15) is 0 Å². The van der Waals surface area contributed by atoms with Crippen molar-refractivity contribution in [3.05, 3.63) is 33.8 Å². The highest BCUT2D eigenvalue weighted by Crippen LogP contribution is 2.24. The zero-order valence-electron chi connectivity index (χ0n) is 9.73. The summed E-state index contributed by atoms with van der Waals surface area (Å²) in [7, 11) is 0. The van der Waals surface area contributed by atoms with Crippen molar-refractivity contribution >= 4 is 21.7 Å². The van der Waals surface area contributed by atoms with Crippen LogP contribution in [-0.2, 0) is 0 Å². The van der Waals surface area contributed by atoms with E-state index >= 15 is 0 Å². The molecule has 0 fully saturated rings. The summed E-state index contributed by atoms with van der Waals surface area (Å²) in [5, 5.41) is 0. The van der Waals surface area contributed by atoms with Crippen LogP contribution in [0.15, 0.2) is 22.7 Å². The maximum absolute atomic E-state index is 12.0. The van der Waals surface area contributed by atoms with Gasteiger partial charge in [0.25, 0.3) is 0 Å². The largest absolute Gasteiger partial charge is 0.294 e. The first kappa shape index (κ1) is 12.4. The summed E-state index contributed by atoms with van der Waals surface area (Å²) in [5.74, 6) is 0.229. The lowest BCUT2D eigenvalue weighted by Crippen LogP contribution is -2.13. The van der Waals surface area contributed by atoms with Gasteiger partial charge >= 0.3 is 0 Å². The molecule has 0 amide bonds. The fourth-order valence-corrected chi connectivity index (χ4v) is 1.99. The average Bonchev–Trinajstić information content (AvgIpc) is 1.99. The molecule has 0 unspecified atom stereocenters. The summed E-state index contributed by atoms with van der Waals surface area (Å²) in [6.07, 6.45) is 0.593. The monoisotopic (exact) mass is 268 g/mol. The van der Waals surface area contributed by atoms with Gasteiger partial charge in [0.05, 0.1) is 0 Å². The second kappa shape index (κ2) is 4.48. The predicted molar refractivity (Wildman–Crippen MR) is 67.3 cm³/mol. The molecular weight excluding hydrogens is 252 g/mol. The van der Waals surface area contributed by atoms with E-state index in [4.69, 9.17) is 0 Å².